The van der Waals surface area contributed by atoms with E-state index in [0.29, 0.717) is 22.5 Å². The number of nitrogens with two attached hydrogens (primary N) is 1. The van der Waals surface area contributed by atoms with E-state index in [0.717, 1.165) is 0 Å². The number of nitrogen functional groups attached to an aromatic ring is 1. The highest BCUT2D eigenvalue weighted by atomic mass is 16.2. The minimum atomic E-state index is -0.178. The van der Waals surface area contributed by atoms with Crippen LogP contribution in [0.2, 0.25) is 0 Å². The van der Waals surface area contributed by atoms with Crippen LogP contribution in [0.4, 0.5) is 11.4 Å². The molecule has 2 aromatic carbocycles. The van der Waals surface area contributed by atoms with Crippen molar-refractivity contribution in [3.63, 3.8) is 0 Å². The zero-order valence-electron chi connectivity index (χ0n) is 10.5. The molecule has 94 valence electrons. The fraction of sp³-hybridized carbons (Fsp3) is 0.0667. The molecule has 2 aromatic rings. The number of nitriles is 1. The summed E-state index contributed by atoms with van der Waals surface area (Å²) >= 11 is 0. The molecule has 0 saturated heterocycles. The van der Waals surface area contributed by atoms with Crippen LogP contribution in [0.5, 0.6) is 0 Å². The Balaban J connectivity index is 2.31. The van der Waals surface area contributed by atoms with Crippen molar-refractivity contribution in [2.45, 2.75) is 0 Å². The van der Waals surface area contributed by atoms with Crippen molar-refractivity contribution in [2.75, 3.05) is 17.7 Å². The van der Waals surface area contributed by atoms with Gasteiger partial charge in [0.25, 0.3) is 5.91 Å². The first-order valence-electron chi connectivity index (χ1n) is 5.75. The largest absolute Gasteiger partial charge is 0.399 e. The molecule has 0 aliphatic heterocycles. The predicted octanol–water partition coefficient (Wildman–Crippen LogP) is 2.42. The van der Waals surface area contributed by atoms with Gasteiger partial charge in [0.05, 0.1) is 11.6 Å². The molecular weight excluding hydrogens is 238 g/mol. The lowest BCUT2D eigenvalue weighted by atomic mass is 10.1. The second kappa shape index (κ2) is 5.23. The van der Waals surface area contributed by atoms with Gasteiger partial charge >= 0.3 is 0 Å². The van der Waals surface area contributed by atoms with E-state index in [4.69, 9.17) is 11.0 Å². The number of amides is 1. The van der Waals surface area contributed by atoms with E-state index >= 15 is 0 Å². The van der Waals surface area contributed by atoms with E-state index in [1.807, 2.05) is 12.1 Å². The Kier molecular flexibility index (Phi) is 3.48. The quantitative estimate of drug-likeness (QED) is 0.833. The second-order valence-electron chi connectivity index (χ2n) is 4.15. The Hall–Kier alpha value is -2.80. The van der Waals surface area contributed by atoms with Crippen molar-refractivity contribution in [2.24, 2.45) is 0 Å². The van der Waals surface area contributed by atoms with Gasteiger partial charge < -0.3 is 10.6 Å². The monoisotopic (exact) mass is 251 g/mol. The van der Waals surface area contributed by atoms with Gasteiger partial charge in [-0.25, -0.2) is 0 Å². The Morgan fingerprint density at radius 3 is 2.63 bits per heavy atom. The summed E-state index contributed by atoms with van der Waals surface area (Å²) in [5.74, 6) is -0.178. The zero-order valence-corrected chi connectivity index (χ0v) is 10.5. The number of hydrogen-bond acceptors (Lipinski definition) is 3. The second-order valence-corrected chi connectivity index (χ2v) is 4.15. The summed E-state index contributed by atoms with van der Waals surface area (Å²) in [6, 6.07) is 15.7. The van der Waals surface area contributed by atoms with Crippen molar-refractivity contribution in [3.8, 4) is 6.07 Å². The van der Waals surface area contributed by atoms with Crippen molar-refractivity contribution >= 4 is 17.3 Å². The fourth-order valence-electron chi connectivity index (χ4n) is 1.77. The normalized spacial score (nSPS) is 9.68. The van der Waals surface area contributed by atoms with Crippen LogP contribution in [0.25, 0.3) is 0 Å². The first-order valence-corrected chi connectivity index (χ1v) is 5.75. The third kappa shape index (κ3) is 2.72. The highest BCUT2D eigenvalue weighted by Gasteiger charge is 2.13. The predicted molar refractivity (Wildman–Crippen MR) is 74.7 cm³/mol. The Morgan fingerprint density at radius 2 is 1.95 bits per heavy atom. The molecule has 0 unspecified atom stereocenters. The van der Waals surface area contributed by atoms with Gasteiger partial charge in [-0.2, -0.15) is 5.26 Å². The van der Waals surface area contributed by atoms with Gasteiger partial charge in [-0.3, -0.25) is 4.79 Å². The highest BCUT2D eigenvalue weighted by molar-refractivity contribution is 6.06. The van der Waals surface area contributed by atoms with Crippen LogP contribution in [-0.4, -0.2) is 13.0 Å². The number of carbonyl (C=O) groups is 1. The molecule has 0 aromatic heterocycles. The van der Waals surface area contributed by atoms with Crippen LogP contribution < -0.4 is 10.6 Å². The zero-order chi connectivity index (χ0) is 13.8. The van der Waals surface area contributed by atoms with Crippen molar-refractivity contribution < 1.29 is 4.79 Å². The van der Waals surface area contributed by atoms with E-state index in [1.54, 1.807) is 49.5 Å². The summed E-state index contributed by atoms with van der Waals surface area (Å²) in [5, 5.41) is 8.84. The van der Waals surface area contributed by atoms with E-state index in [2.05, 4.69) is 0 Å². The van der Waals surface area contributed by atoms with Crippen molar-refractivity contribution in [1.82, 2.24) is 0 Å². The smallest absolute Gasteiger partial charge is 0.258 e. The summed E-state index contributed by atoms with van der Waals surface area (Å²) in [5.41, 5.74) is 7.96. The van der Waals surface area contributed by atoms with Gasteiger partial charge in [0.2, 0.25) is 0 Å². The Labute approximate surface area is 111 Å². The first-order chi connectivity index (χ1) is 9.11. The number of rotatable bonds is 2. The molecule has 0 atom stereocenters. The highest BCUT2D eigenvalue weighted by Crippen LogP contribution is 2.18. The molecule has 1 amide bonds. The average molecular weight is 251 g/mol. The van der Waals surface area contributed by atoms with Crippen LogP contribution in [-0.2, 0) is 0 Å². The molecule has 19 heavy (non-hydrogen) atoms. The Morgan fingerprint density at radius 1 is 1.21 bits per heavy atom. The van der Waals surface area contributed by atoms with Gasteiger partial charge in [0.1, 0.15) is 0 Å². The molecule has 0 aliphatic carbocycles. The van der Waals surface area contributed by atoms with Crippen LogP contribution in [0.3, 0.4) is 0 Å². The van der Waals surface area contributed by atoms with E-state index in [9.17, 15) is 4.79 Å². The van der Waals surface area contributed by atoms with Crippen molar-refractivity contribution in [1.29, 1.82) is 5.26 Å². The minimum Gasteiger partial charge on any atom is -0.399 e. The molecular formula is C15H13N3O. The van der Waals surface area contributed by atoms with E-state index in [1.165, 1.54) is 4.90 Å². The van der Waals surface area contributed by atoms with Gasteiger partial charge in [-0.1, -0.05) is 12.1 Å². The molecule has 0 radical (unpaired) electrons. The Bertz CT molecular complexity index is 658. The molecule has 0 heterocycles. The summed E-state index contributed by atoms with van der Waals surface area (Å²) in [7, 11) is 1.68. The van der Waals surface area contributed by atoms with E-state index in [-0.39, 0.29) is 5.91 Å². The van der Waals surface area contributed by atoms with Crippen molar-refractivity contribution in [3.05, 3.63) is 59.7 Å². The number of hydrogen-bond donors (Lipinski definition) is 1. The number of carbonyl (C=O) groups excluding carboxylic acids is 1. The molecule has 2 rings (SSSR count). The third-order valence-electron chi connectivity index (χ3n) is 2.80. The number of benzene rings is 2. The average Bonchev–Trinajstić information content (AvgIpc) is 2.45. The van der Waals surface area contributed by atoms with Crippen LogP contribution >= 0.6 is 0 Å². The summed E-state index contributed by atoms with van der Waals surface area (Å²) in [4.78, 5) is 13.8. The maximum atomic E-state index is 12.3. The molecule has 0 aliphatic rings. The lowest BCUT2D eigenvalue weighted by Gasteiger charge is -2.17. The minimum absolute atomic E-state index is 0.178. The van der Waals surface area contributed by atoms with Crippen LogP contribution in [0.1, 0.15) is 15.9 Å². The van der Waals surface area contributed by atoms with E-state index < -0.39 is 0 Å². The summed E-state index contributed by atoms with van der Waals surface area (Å²) in [6.07, 6.45) is 0. The lowest BCUT2D eigenvalue weighted by molar-refractivity contribution is 0.0993. The van der Waals surface area contributed by atoms with Gasteiger partial charge in [-0.05, 0) is 36.4 Å². The number of anilines is 2. The molecule has 4 heteroatoms. The molecule has 0 saturated carbocycles. The lowest BCUT2D eigenvalue weighted by Crippen LogP contribution is -2.26. The first kappa shape index (κ1) is 12.7. The maximum Gasteiger partial charge on any atom is 0.258 e. The fourth-order valence-corrected chi connectivity index (χ4v) is 1.77. The maximum absolute atomic E-state index is 12.3. The molecule has 0 fully saturated rings. The SMILES string of the molecule is CN(C(=O)c1cccc(C#N)c1)c1cccc(N)c1. The summed E-state index contributed by atoms with van der Waals surface area (Å²) in [6.45, 7) is 0. The standard InChI is InChI=1S/C15H13N3O/c1-18(14-7-3-6-13(17)9-14)15(19)12-5-2-4-11(8-12)10-16/h2-9H,17H2,1H3. The van der Waals surface area contributed by atoms with Gasteiger partial charge in [0, 0.05) is 24.0 Å². The molecule has 0 spiro atoms. The van der Waals surface area contributed by atoms with Crippen LogP contribution in [0, 0.1) is 11.3 Å². The van der Waals surface area contributed by atoms with Gasteiger partial charge in [-0.15, -0.1) is 0 Å². The van der Waals surface area contributed by atoms with Crippen LogP contribution in [0.15, 0.2) is 48.5 Å². The molecule has 0 bridgehead atoms. The topological polar surface area (TPSA) is 70.1 Å². The van der Waals surface area contributed by atoms with Gasteiger partial charge in [0.15, 0.2) is 0 Å². The third-order valence-corrected chi connectivity index (χ3v) is 2.80. The number of nitrogens with zero attached hydrogens (tertiary/aromatic N) is 2. The molecule has 2 N–H and O–H groups in total. The molecule has 4 nitrogen and oxygen atoms in total. The summed E-state index contributed by atoms with van der Waals surface area (Å²) < 4.78 is 0.